The van der Waals surface area contributed by atoms with Crippen molar-refractivity contribution < 1.29 is 5.11 Å². The molecule has 0 saturated carbocycles. The van der Waals surface area contributed by atoms with Gasteiger partial charge in [-0.2, -0.15) is 0 Å². The first-order valence-electron chi connectivity index (χ1n) is 7.95. The van der Waals surface area contributed by atoms with E-state index >= 15 is 0 Å². The fourth-order valence-electron chi connectivity index (χ4n) is 3.76. The van der Waals surface area contributed by atoms with Crippen LogP contribution in [0.4, 0.5) is 0 Å². The topological polar surface area (TPSA) is 48.4 Å². The molecule has 0 amide bonds. The molecule has 3 heterocycles. The number of nitrogens with zero attached hydrogens (tertiary/aromatic N) is 2. The van der Waals surface area contributed by atoms with Gasteiger partial charge in [0.05, 0.1) is 5.60 Å². The van der Waals surface area contributed by atoms with E-state index in [4.69, 9.17) is 11.6 Å². The zero-order valence-electron chi connectivity index (χ0n) is 12.4. The van der Waals surface area contributed by atoms with Crippen molar-refractivity contribution in [1.82, 2.24) is 15.2 Å². The van der Waals surface area contributed by atoms with E-state index in [1.165, 1.54) is 12.8 Å². The number of rotatable bonds is 4. The van der Waals surface area contributed by atoms with Crippen LogP contribution in [0.25, 0.3) is 0 Å². The van der Waals surface area contributed by atoms with E-state index in [2.05, 4.69) is 15.2 Å². The Hall–Kier alpha value is -0.680. The lowest BCUT2D eigenvalue weighted by atomic mass is 9.79. The van der Waals surface area contributed by atoms with E-state index in [-0.39, 0.29) is 0 Å². The van der Waals surface area contributed by atoms with Crippen molar-refractivity contribution in [3.8, 4) is 0 Å². The smallest absolute Gasteiger partial charge is 0.129 e. The molecule has 2 atom stereocenters. The lowest BCUT2D eigenvalue weighted by Gasteiger charge is -2.49. The van der Waals surface area contributed by atoms with Crippen molar-refractivity contribution in [2.75, 3.05) is 19.6 Å². The average molecular weight is 310 g/mol. The van der Waals surface area contributed by atoms with Crippen LogP contribution in [-0.2, 0) is 6.54 Å². The maximum absolute atomic E-state index is 11.0. The maximum Gasteiger partial charge on any atom is 0.129 e. The van der Waals surface area contributed by atoms with Crippen LogP contribution in [0, 0.1) is 0 Å². The largest absolute Gasteiger partial charge is 0.387 e. The summed E-state index contributed by atoms with van der Waals surface area (Å²) in [4.78, 5) is 6.57. The fraction of sp³-hybridized carbons (Fsp3) is 0.688. The molecule has 2 aliphatic heterocycles. The molecule has 21 heavy (non-hydrogen) atoms. The number of nitrogens with one attached hydrogen (secondary N) is 1. The van der Waals surface area contributed by atoms with Gasteiger partial charge in [0.1, 0.15) is 5.15 Å². The first-order chi connectivity index (χ1) is 10.2. The Morgan fingerprint density at radius 2 is 2.19 bits per heavy atom. The van der Waals surface area contributed by atoms with Gasteiger partial charge in [-0.1, -0.05) is 24.1 Å². The number of halogens is 1. The number of pyridine rings is 1. The Bertz CT molecular complexity index is 465. The Balaban J connectivity index is 1.56. The van der Waals surface area contributed by atoms with Crippen LogP contribution in [0.5, 0.6) is 0 Å². The standard InChI is InChI=1S/C16H24ClN3O/c17-15-6-5-13(11-19-15)10-18-12-16(21)7-3-9-20-8-2-1-4-14(16)20/h5-6,11,14,18,21H,1-4,7-10,12H2/t14-,16-/m1/s1. The van der Waals surface area contributed by atoms with Gasteiger partial charge in [-0.05, 0) is 50.4 Å². The minimum absolute atomic E-state index is 0.329. The van der Waals surface area contributed by atoms with E-state index in [9.17, 15) is 5.11 Å². The molecule has 1 aromatic rings. The Kier molecular flexibility index (Phi) is 4.79. The molecule has 2 fully saturated rings. The number of hydrogen-bond acceptors (Lipinski definition) is 4. The van der Waals surface area contributed by atoms with Crippen LogP contribution in [0.2, 0.25) is 5.15 Å². The first-order valence-corrected chi connectivity index (χ1v) is 8.33. The van der Waals surface area contributed by atoms with Gasteiger partial charge in [-0.3, -0.25) is 4.90 Å². The van der Waals surface area contributed by atoms with Crippen molar-refractivity contribution in [1.29, 1.82) is 0 Å². The van der Waals surface area contributed by atoms with Gasteiger partial charge >= 0.3 is 0 Å². The summed E-state index contributed by atoms with van der Waals surface area (Å²) in [5.41, 5.74) is 0.512. The number of aliphatic hydroxyl groups is 1. The van der Waals surface area contributed by atoms with E-state index < -0.39 is 5.60 Å². The van der Waals surface area contributed by atoms with Crippen LogP contribution in [0.15, 0.2) is 18.3 Å². The molecule has 0 spiro atoms. The van der Waals surface area contributed by atoms with Crippen LogP contribution in [-0.4, -0.2) is 46.3 Å². The third-order valence-electron chi connectivity index (χ3n) is 4.84. The van der Waals surface area contributed by atoms with Gasteiger partial charge in [0, 0.05) is 25.3 Å². The third-order valence-corrected chi connectivity index (χ3v) is 5.06. The number of fused-ring (bicyclic) bond motifs is 1. The predicted octanol–water partition coefficient (Wildman–Crippen LogP) is 2.20. The van der Waals surface area contributed by atoms with Gasteiger partial charge in [0.25, 0.3) is 0 Å². The van der Waals surface area contributed by atoms with E-state index in [0.717, 1.165) is 44.5 Å². The summed E-state index contributed by atoms with van der Waals surface area (Å²) in [6.07, 6.45) is 7.42. The van der Waals surface area contributed by atoms with E-state index in [1.807, 2.05) is 6.07 Å². The second-order valence-corrected chi connectivity index (χ2v) is 6.73. The van der Waals surface area contributed by atoms with Gasteiger partial charge in [-0.25, -0.2) is 4.98 Å². The molecule has 0 bridgehead atoms. The molecule has 2 N–H and O–H groups in total. The summed E-state index contributed by atoms with van der Waals surface area (Å²) in [6, 6.07) is 4.10. The van der Waals surface area contributed by atoms with Crippen molar-refractivity contribution in [3.63, 3.8) is 0 Å². The molecule has 3 rings (SSSR count). The average Bonchev–Trinajstić information content (AvgIpc) is 2.50. The predicted molar refractivity (Wildman–Crippen MR) is 84.3 cm³/mol. The number of piperidine rings is 2. The number of aromatic nitrogens is 1. The molecule has 0 unspecified atom stereocenters. The third kappa shape index (κ3) is 3.57. The molecule has 4 nitrogen and oxygen atoms in total. The second-order valence-electron chi connectivity index (χ2n) is 6.35. The zero-order valence-corrected chi connectivity index (χ0v) is 13.1. The molecule has 1 aromatic heterocycles. The maximum atomic E-state index is 11.0. The van der Waals surface area contributed by atoms with Gasteiger partial charge in [0.15, 0.2) is 0 Å². The highest BCUT2D eigenvalue weighted by atomic mass is 35.5. The monoisotopic (exact) mass is 309 g/mol. The summed E-state index contributed by atoms with van der Waals surface area (Å²) in [5.74, 6) is 0. The Labute approximate surface area is 131 Å². The first kappa shape index (κ1) is 15.2. The summed E-state index contributed by atoms with van der Waals surface area (Å²) >= 11 is 5.79. The van der Waals surface area contributed by atoms with Crippen LogP contribution in [0.1, 0.15) is 37.7 Å². The molecule has 5 heteroatoms. The summed E-state index contributed by atoms with van der Waals surface area (Å²) in [5, 5.41) is 15.0. The Morgan fingerprint density at radius 1 is 1.33 bits per heavy atom. The molecule has 0 aliphatic carbocycles. The zero-order chi connectivity index (χ0) is 14.7. The highest BCUT2D eigenvalue weighted by molar-refractivity contribution is 6.29. The van der Waals surface area contributed by atoms with E-state index in [1.54, 1.807) is 12.3 Å². The Morgan fingerprint density at radius 3 is 3.00 bits per heavy atom. The second kappa shape index (κ2) is 6.61. The summed E-state index contributed by atoms with van der Waals surface area (Å²) in [6.45, 7) is 3.66. The van der Waals surface area contributed by atoms with E-state index in [0.29, 0.717) is 17.7 Å². The number of hydrogen-bond donors (Lipinski definition) is 2. The molecular formula is C16H24ClN3O. The van der Waals surface area contributed by atoms with Crippen molar-refractivity contribution >= 4 is 11.6 Å². The molecule has 0 aromatic carbocycles. The highest BCUT2D eigenvalue weighted by Gasteiger charge is 2.43. The quantitative estimate of drug-likeness (QED) is 0.837. The lowest BCUT2D eigenvalue weighted by Crippen LogP contribution is -2.62. The summed E-state index contributed by atoms with van der Waals surface area (Å²) < 4.78 is 0. The molecule has 0 radical (unpaired) electrons. The van der Waals surface area contributed by atoms with Crippen LogP contribution in [0.3, 0.4) is 0 Å². The molecular weight excluding hydrogens is 286 g/mol. The van der Waals surface area contributed by atoms with Gasteiger partial charge < -0.3 is 10.4 Å². The van der Waals surface area contributed by atoms with Crippen molar-refractivity contribution in [2.24, 2.45) is 0 Å². The van der Waals surface area contributed by atoms with Crippen LogP contribution < -0.4 is 5.32 Å². The normalized spacial score (nSPS) is 30.1. The fourth-order valence-corrected chi connectivity index (χ4v) is 3.87. The minimum Gasteiger partial charge on any atom is -0.387 e. The van der Waals surface area contributed by atoms with Crippen LogP contribution >= 0.6 is 11.6 Å². The van der Waals surface area contributed by atoms with Crippen molar-refractivity contribution in [2.45, 2.75) is 50.3 Å². The highest BCUT2D eigenvalue weighted by Crippen LogP contribution is 2.33. The summed E-state index contributed by atoms with van der Waals surface area (Å²) in [7, 11) is 0. The van der Waals surface area contributed by atoms with Crippen molar-refractivity contribution in [3.05, 3.63) is 29.0 Å². The SMILES string of the molecule is O[C@@]1(CNCc2ccc(Cl)nc2)CCCN2CCCC[C@@H]21. The molecule has 116 valence electrons. The lowest BCUT2D eigenvalue weighted by molar-refractivity contribution is -0.0919. The van der Waals surface area contributed by atoms with Gasteiger partial charge in [-0.15, -0.1) is 0 Å². The van der Waals surface area contributed by atoms with Gasteiger partial charge in [0.2, 0.25) is 0 Å². The molecule has 2 aliphatic rings. The minimum atomic E-state index is -0.585. The molecule has 2 saturated heterocycles.